The van der Waals surface area contributed by atoms with Crippen LogP contribution < -0.4 is 10.6 Å². The summed E-state index contributed by atoms with van der Waals surface area (Å²) < 4.78 is 13.2. The van der Waals surface area contributed by atoms with E-state index in [1.807, 2.05) is 0 Å². The first-order valence-electron chi connectivity index (χ1n) is 6.13. The number of nitrogens with one attached hydrogen (secondary N) is 2. The average Bonchev–Trinajstić information content (AvgIpc) is 2.84. The van der Waals surface area contributed by atoms with E-state index in [0.29, 0.717) is 18.2 Å². The molecule has 18 heavy (non-hydrogen) atoms. The molecule has 1 aromatic carbocycles. The van der Waals surface area contributed by atoms with Gasteiger partial charge in [0.15, 0.2) is 0 Å². The molecule has 2 rings (SSSR count). The lowest BCUT2D eigenvalue weighted by atomic mass is 10.1. The Balaban J connectivity index is 1.80. The van der Waals surface area contributed by atoms with Crippen LogP contribution in [0, 0.1) is 5.82 Å². The zero-order chi connectivity index (χ0) is 13.0. The molecule has 1 aliphatic rings. The van der Waals surface area contributed by atoms with Crippen LogP contribution in [0.4, 0.5) is 10.1 Å². The molecule has 1 aliphatic heterocycles. The van der Waals surface area contributed by atoms with Gasteiger partial charge in [-0.1, -0.05) is 11.6 Å². The smallest absolute Gasteiger partial charge is 0.224 e. The van der Waals surface area contributed by atoms with Gasteiger partial charge in [-0.3, -0.25) is 4.79 Å². The quantitative estimate of drug-likeness (QED) is 0.883. The molecule has 1 heterocycles. The highest BCUT2D eigenvalue weighted by Crippen LogP contribution is 2.19. The van der Waals surface area contributed by atoms with E-state index < -0.39 is 5.82 Å². The molecule has 0 spiro atoms. The predicted octanol–water partition coefficient (Wildman–Crippen LogP) is 2.95. The highest BCUT2D eigenvalue weighted by molar-refractivity contribution is 6.30. The SMILES string of the molecule is O=C(CCC1CCCN1)Nc1ccc(Cl)c(F)c1. The fourth-order valence-corrected chi connectivity index (χ4v) is 2.22. The van der Waals surface area contributed by atoms with Gasteiger partial charge in [0.1, 0.15) is 5.82 Å². The Morgan fingerprint density at radius 2 is 2.39 bits per heavy atom. The van der Waals surface area contributed by atoms with Crippen molar-refractivity contribution in [1.29, 1.82) is 0 Å². The number of amides is 1. The fraction of sp³-hybridized carbons (Fsp3) is 0.462. The van der Waals surface area contributed by atoms with Crippen LogP contribution in [0.25, 0.3) is 0 Å². The van der Waals surface area contributed by atoms with Gasteiger partial charge in [0.05, 0.1) is 5.02 Å². The zero-order valence-electron chi connectivity index (χ0n) is 10.0. The maximum absolute atomic E-state index is 13.2. The standard InChI is InChI=1S/C13H16ClFN2O/c14-11-5-3-10(8-12(11)15)17-13(18)6-4-9-2-1-7-16-9/h3,5,8-9,16H,1-2,4,6-7H2,(H,17,18). The van der Waals surface area contributed by atoms with Crippen molar-refractivity contribution in [2.45, 2.75) is 31.7 Å². The minimum absolute atomic E-state index is 0.0585. The number of rotatable bonds is 4. The highest BCUT2D eigenvalue weighted by atomic mass is 35.5. The zero-order valence-corrected chi connectivity index (χ0v) is 10.8. The van der Waals surface area contributed by atoms with Crippen LogP contribution in [0.5, 0.6) is 0 Å². The minimum Gasteiger partial charge on any atom is -0.326 e. The third-order valence-electron chi connectivity index (χ3n) is 3.09. The lowest BCUT2D eigenvalue weighted by Crippen LogP contribution is -2.23. The van der Waals surface area contributed by atoms with Gasteiger partial charge in [0.25, 0.3) is 0 Å². The first-order valence-corrected chi connectivity index (χ1v) is 6.51. The van der Waals surface area contributed by atoms with Crippen LogP contribution in [0.3, 0.4) is 0 Å². The Morgan fingerprint density at radius 1 is 1.56 bits per heavy atom. The number of carbonyl (C=O) groups excluding carboxylic acids is 1. The second-order valence-corrected chi connectivity index (χ2v) is 4.92. The summed E-state index contributed by atoms with van der Waals surface area (Å²) in [4.78, 5) is 11.7. The molecule has 3 nitrogen and oxygen atoms in total. The first kappa shape index (κ1) is 13.3. The monoisotopic (exact) mass is 270 g/mol. The van der Waals surface area contributed by atoms with Crippen LogP contribution >= 0.6 is 11.6 Å². The number of hydrogen-bond acceptors (Lipinski definition) is 2. The van der Waals surface area contributed by atoms with Crippen molar-refractivity contribution in [3.8, 4) is 0 Å². The summed E-state index contributed by atoms with van der Waals surface area (Å²) in [5, 5.41) is 6.06. The minimum atomic E-state index is -0.521. The van der Waals surface area contributed by atoms with Gasteiger partial charge in [-0.25, -0.2) is 4.39 Å². The Labute approximate surface area is 111 Å². The normalized spacial score (nSPS) is 18.9. The van der Waals surface area contributed by atoms with E-state index in [1.165, 1.54) is 18.6 Å². The number of benzene rings is 1. The second-order valence-electron chi connectivity index (χ2n) is 4.51. The summed E-state index contributed by atoms with van der Waals surface area (Å²) in [5.74, 6) is -0.614. The maximum atomic E-state index is 13.2. The molecule has 1 saturated heterocycles. The molecule has 0 aliphatic carbocycles. The van der Waals surface area contributed by atoms with E-state index in [1.54, 1.807) is 6.07 Å². The number of carbonyl (C=O) groups is 1. The van der Waals surface area contributed by atoms with E-state index in [2.05, 4.69) is 10.6 Å². The van der Waals surface area contributed by atoms with E-state index in [9.17, 15) is 9.18 Å². The summed E-state index contributed by atoms with van der Waals surface area (Å²) in [7, 11) is 0. The summed E-state index contributed by atoms with van der Waals surface area (Å²) >= 11 is 5.57. The molecule has 1 aromatic rings. The van der Waals surface area contributed by atoms with Gasteiger partial charge >= 0.3 is 0 Å². The lowest BCUT2D eigenvalue weighted by Gasteiger charge is -2.10. The van der Waals surface area contributed by atoms with Crippen molar-refractivity contribution >= 4 is 23.2 Å². The maximum Gasteiger partial charge on any atom is 0.224 e. The molecule has 2 N–H and O–H groups in total. The Bertz CT molecular complexity index is 433. The molecule has 1 fully saturated rings. The van der Waals surface area contributed by atoms with Gasteiger partial charge in [-0.2, -0.15) is 0 Å². The topological polar surface area (TPSA) is 41.1 Å². The molecule has 5 heteroatoms. The predicted molar refractivity (Wildman–Crippen MR) is 70.3 cm³/mol. The van der Waals surface area contributed by atoms with Crippen LogP contribution in [-0.2, 0) is 4.79 Å². The second kappa shape index (κ2) is 6.16. The van der Waals surface area contributed by atoms with E-state index in [-0.39, 0.29) is 10.9 Å². The average molecular weight is 271 g/mol. The molecular weight excluding hydrogens is 255 g/mol. The van der Waals surface area contributed by atoms with Gasteiger partial charge < -0.3 is 10.6 Å². The van der Waals surface area contributed by atoms with E-state index in [4.69, 9.17) is 11.6 Å². The Hall–Kier alpha value is -1.13. The van der Waals surface area contributed by atoms with Crippen molar-refractivity contribution < 1.29 is 9.18 Å². The van der Waals surface area contributed by atoms with Crippen molar-refractivity contribution in [1.82, 2.24) is 5.32 Å². The van der Waals surface area contributed by atoms with Crippen LogP contribution in [0.15, 0.2) is 18.2 Å². The van der Waals surface area contributed by atoms with Gasteiger partial charge in [-0.05, 0) is 44.0 Å². The number of halogens is 2. The van der Waals surface area contributed by atoms with Crippen LogP contribution in [0.1, 0.15) is 25.7 Å². The van der Waals surface area contributed by atoms with Crippen LogP contribution in [0.2, 0.25) is 5.02 Å². The number of anilines is 1. The molecule has 0 bridgehead atoms. The molecule has 0 radical (unpaired) electrons. The summed E-state index contributed by atoms with van der Waals surface area (Å²) in [6.07, 6.45) is 3.57. The molecule has 1 unspecified atom stereocenters. The van der Waals surface area contributed by atoms with Crippen molar-refractivity contribution in [2.75, 3.05) is 11.9 Å². The summed E-state index contributed by atoms with van der Waals surface area (Å²) in [6.45, 7) is 1.04. The molecule has 98 valence electrons. The summed E-state index contributed by atoms with van der Waals surface area (Å²) in [6, 6.07) is 4.70. The fourth-order valence-electron chi connectivity index (χ4n) is 2.11. The molecule has 0 aromatic heterocycles. The molecule has 0 saturated carbocycles. The van der Waals surface area contributed by atoms with Gasteiger partial charge in [0, 0.05) is 18.2 Å². The van der Waals surface area contributed by atoms with Crippen LogP contribution in [-0.4, -0.2) is 18.5 Å². The van der Waals surface area contributed by atoms with E-state index in [0.717, 1.165) is 19.4 Å². The van der Waals surface area contributed by atoms with Crippen molar-refractivity contribution in [2.24, 2.45) is 0 Å². The number of hydrogen-bond donors (Lipinski definition) is 2. The molecule has 1 atom stereocenters. The largest absolute Gasteiger partial charge is 0.326 e. The van der Waals surface area contributed by atoms with E-state index >= 15 is 0 Å². The lowest BCUT2D eigenvalue weighted by molar-refractivity contribution is -0.116. The third kappa shape index (κ3) is 3.68. The van der Waals surface area contributed by atoms with Crippen molar-refractivity contribution in [3.05, 3.63) is 29.0 Å². The summed E-state index contributed by atoms with van der Waals surface area (Å²) in [5.41, 5.74) is 0.446. The van der Waals surface area contributed by atoms with Gasteiger partial charge in [-0.15, -0.1) is 0 Å². The first-order chi connectivity index (χ1) is 8.65. The van der Waals surface area contributed by atoms with Gasteiger partial charge in [0.2, 0.25) is 5.91 Å². The Kier molecular flexibility index (Phi) is 4.55. The molecule has 1 amide bonds. The highest BCUT2D eigenvalue weighted by Gasteiger charge is 2.15. The van der Waals surface area contributed by atoms with Crippen molar-refractivity contribution in [3.63, 3.8) is 0 Å². The molecular formula is C13H16ClFN2O. The Morgan fingerprint density at radius 3 is 3.06 bits per heavy atom. The third-order valence-corrected chi connectivity index (χ3v) is 3.39.